The van der Waals surface area contributed by atoms with Crippen molar-refractivity contribution in [2.75, 3.05) is 5.88 Å². The van der Waals surface area contributed by atoms with E-state index in [-0.39, 0.29) is 17.9 Å². The van der Waals surface area contributed by atoms with Gasteiger partial charge in [0.25, 0.3) is 5.56 Å². The van der Waals surface area contributed by atoms with Gasteiger partial charge in [-0.2, -0.15) is 5.10 Å². The Morgan fingerprint density at radius 3 is 2.82 bits per heavy atom. The first kappa shape index (κ1) is 17.5. The summed E-state index contributed by atoms with van der Waals surface area (Å²) in [5.41, 5.74) is 1.01. The predicted molar refractivity (Wildman–Crippen MR) is 94.8 cm³/mol. The van der Waals surface area contributed by atoms with Gasteiger partial charge in [-0.15, -0.1) is 23.2 Å². The molecule has 2 heterocycles. The summed E-state index contributed by atoms with van der Waals surface area (Å²) in [6.07, 6.45) is 3.49. The predicted octanol–water partition coefficient (Wildman–Crippen LogP) is 3.13. The molecule has 2 rings (SSSR count). The molecule has 0 bridgehead atoms. The van der Waals surface area contributed by atoms with Gasteiger partial charge < -0.3 is 4.74 Å². The SMILES string of the molecule is CC(Cl)(CCl)Cc1c(OCc2ccc(I)nc2)cn[nH]c1=O. The maximum absolute atomic E-state index is 12.0. The third-order valence-electron chi connectivity index (χ3n) is 2.93. The average Bonchev–Trinajstić information content (AvgIpc) is 2.49. The zero-order valence-electron chi connectivity index (χ0n) is 11.8. The molecule has 0 aromatic carbocycles. The first-order chi connectivity index (χ1) is 10.4. The van der Waals surface area contributed by atoms with Crippen LogP contribution in [0.25, 0.3) is 0 Å². The highest BCUT2D eigenvalue weighted by Gasteiger charge is 2.24. The van der Waals surface area contributed by atoms with Gasteiger partial charge in [-0.3, -0.25) is 4.79 Å². The fraction of sp³-hybridized carbons (Fsp3) is 0.357. The number of H-pyrrole nitrogens is 1. The van der Waals surface area contributed by atoms with Gasteiger partial charge in [0.1, 0.15) is 16.1 Å². The summed E-state index contributed by atoms with van der Waals surface area (Å²) in [6.45, 7) is 2.07. The molecule has 0 fully saturated rings. The molecule has 0 aliphatic carbocycles. The van der Waals surface area contributed by atoms with Crippen molar-refractivity contribution in [1.82, 2.24) is 15.2 Å². The minimum Gasteiger partial charge on any atom is -0.487 e. The summed E-state index contributed by atoms with van der Waals surface area (Å²) >= 11 is 14.2. The molecule has 5 nitrogen and oxygen atoms in total. The van der Waals surface area contributed by atoms with Crippen molar-refractivity contribution in [1.29, 1.82) is 0 Å². The fourth-order valence-electron chi connectivity index (χ4n) is 1.77. The normalized spacial score (nSPS) is 13.6. The van der Waals surface area contributed by atoms with Gasteiger partial charge in [-0.05, 0) is 35.6 Å². The van der Waals surface area contributed by atoms with Crippen LogP contribution in [0.4, 0.5) is 0 Å². The highest BCUT2D eigenvalue weighted by atomic mass is 127. The van der Waals surface area contributed by atoms with Crippen molar-refractivity contribution in [3.8, 4) is 5.75 Å². The Morgan fingerprint density at radius 1 is 1.41 bits per heavy atom. The van der Waals surface area contributed by atoms with Crippen molar-refractivity contribution >= 4 is 45.8 Å². The van der Waals surface area contributed by atoms with Crippen LogP contribution in [0.1, 0.15) is 18.1 Å². The quantitative estimate of drug-likeness (QED) is 0.414. The molecule has 0 spiro atoms. The molecule has 8 heteroatoms. The van der Waals surface area contributed by atoms with Crippen LogP contribution in [-0.2, 0) is 13.0 Å². The maximum atomic E-state index is 12.0. The largest absolute Gasteiger partial charge is 0.487 e. The molecule has 0 radical (unpaired) electrons. The number of hydrogen-bond donors (Lipinski definition) is 1. The van der Waals surface area contributed by atoms with Gasteiger partial charge in [-0.1, -0.05) is 6.07 Å². The van der Waals surface area contributed by atoms with Gasteiger partial charge in [0.2, 0.25) is 0 Å². The molecule has 1 N–H and O–H groups in total. The second-order valence-corrected chi connectivity index (χ2v) is 7.33. The van der Waals surface area contributed by atoms with Crippen molar-refractivity contribution < 1.29 is 4.74 Å². The van der Waals surface area contributed by atoms with E-state index in [0.29, 0.717) is 17.9 Å². The Bertz CT molecular complexity index is 689. The Kier molecular flexibility index (Phi) is 6.05. The molecule has 2 aromatic heterocycles. The fourth-order valence-corrected chi connectivity index (χ4v) is 2.31. The van der Waals surface area contributed by atoms with Crippen LogP contribution in [-0.4, -0.2) is 25.9 Å². The molecular formula is C14H14Cl2IN3O2. The topological polar surface area (TPSA) is 67.9 Å². The third kappa shape index (κ3) is 4.82. The standard InChI is InChI=1S/C14H14Cl2IN3O2/c1-14(16,8-15)4-10-11(6-19-20-13(10)21)22-7-9-2-3-12(17)18-5-9/h2-3,5-6H,4,7-8H2,1H3,(H,20,21). The molecule has 1 unspecified atom stereocenters. The number of pyridine rings is 1. The Morgan fingerprint density at radius 2 is 2.18 bits per heavy atom. The van der Waals surface area contributed by atoms with Crippen LogP contribution < -0.4 is 10.3 Å². The lowest BCUT2D eigenvalue weighted by molar-refractivity contribution is 0.299. The molecule has 0 aliphatic heterocycles. The van der Waals surface area contributed by atoms with E-state index in [9.17, 15) is 4.79 Å². The highest BCUT2D eigenvalue weighted by molar-refractivity contribution is 14.1. The first-order valence-electron chi connectivity index (χ1n) is 6.46. The number of rotatable bonds is 6. The smallest absolute Gasteiger partial charge is 0.271 e. The van der Waals surface area contributed by atoms with Crippen molar-refractivity contribution in [2.45, 2.75) is 24.8 Å². The zero-order chi connectivity index (χ0) is 16.2. The lowest BCUT2D eigenvalue weighted by atomic mass is 10.0. The Hall–Kier alpha value is -0.860. The van der Waals surface area contributed by atoms with Gasteiger partial charge in [-0.25, -0.2) is 10.1 Å². The van der Waals surface area contributed by atoms with Crippen molar-refractivity contribution in [2.24, 2.45) is 0 Å². The van der Waals surface area contributed by atoms with Gasteiger partial charge in [0.05, 0.1) is 16.6 Å². The molecule has 2 aromatic rings. The lowest BCUT2D eigenvalue weighted by Crippen LogP contribution is -2.27. The van der Waals surface area contributed by atoms with Crippen LogP contribution in [0.3, 0.4) is 0 Å². The zero-order valence-corrected chi connectivity index (χ0v) is 15.4. The highest BCUT2D eigenvalue weighted by Crippen LogP contribution is 2.25. The van der Waals surface area contributed by atoms with E-state index >= 15 is 0 Å². The summed E-state index contributed by atoms with van der Waals surface area (Å²) in [6, 6.07) is 3.80. The number of alkyl halides is 2. The van der Waals surface area contributed by atoms with E-state index in [0.717, 1.165) is 9.26 Å². The number of aromatic nitrogens is 3. The maximum Gasteiger partial charge on any atom is 0.271 e. The molecule has 118 valence electrons. The third-order valence-corrected chi connectivity index (χ3v) is 4.56. The number of nitrogens with zero attached hydrogens (tertiary/aromatic N) is 2. The first-order valence-corrected chi connectivity index (χ1v) is 8.45. The van der Waals surface area contributed by atoms with E-state index in [2.05, 4.69) is 37.8 Å². The molecule has 1 atom stereocenters. The van der Waals surface area contributed by atoms with Crippen molar-refractivity contribution in [3.63, 3.8) is 0 Å². The summed E-state index contributed by atoms with van der Waals surface area (Å²) in [5, 5.41) is 6.16. The monoisotopic (exact) mass is 453 g/mol. The van der Waals surface area contributed by atoms with Crippen LogP contribution in [0.2, 0.25) is 0 Å². The summed E-state index contributed by atoms with van der Waals surface area (Å²) in [4.78, 5) is 15.4. The number of ether oxygens (including phenoxy) is 1. The van der Waals surface area contributed by atoms with E-state index in [4.69, 9.17) is 27.9 Å². The molecular weight excluding hydrogens is 440 g/mol. The number of aromatic amines is 1. The van der Waals surface area contributed by atoms with E-state index in [1.807, 2.05) is 12.1 Å². The lowest BCUT2D eigenvalue weighted by Gasteiger charge is -2.19. The Balaban J connectivity index is 2.18. The van der Waals surface area contributed by atoms with Crippen molar-refractivity contribution in [3.05, 3.63) is 49.7 Å². The number of hydrogen-bond acceptors (Lipinski definition) is 4. The van der Waals surface area contributed by atoms with E-state index in [1.54, 1.807) is 13.1 Å². The Labute approximate surface area is 151 Å². The second kappa shape index (κ2) is 7.61. The van der Waals surface area contributed by atoms with Crippen LogP contribution >= 0.6 is 45.8 Å². The van der Waals surface area contributed by atoms with E-state index in [1.165, 1.54) is 6.20 Å². The molecule has 0 aliphatic rings. The van der Waals surface area contributed by atoms with Gasteiger partial charge in [0, 0.05) is 24.1 Å². The second-order valence-electron chi connectivity index (χ2n) is 5.04. The van der Waals surface area contributed by atoms with E-state index < -0.39 is 4.87 Å². The van der Waals surface area contributed by atoms with Crippen LogP contribution in [0.5, 0.6) is 5.75 Å². The van der Waals surface area contributed by atoms with Crippen LogP contribution in [0.15, 0.2) is 29.3 Å². The molecule has 22 heavy (non-hydrogen) atoms. The summed E-state index contributed by atoms with van der Waals surface area (Å²) in [5.74, 6) is 0.621. The minimum atomic E-state index is -0.724. The minimum absolute atomic E-state index is 0.219. The summed E-state index contributed by atoms with van der Waals surface area (Å²) in [7, 11) is 0. The molecule has 0 saturated carbocycles. The average molecular weight is 454 g/mol. The van der Waals surface area contributed by atoms with Gasteiger partial charge in [0.15, 0.2) is 0 Å². The number of nitrogens with one attached hydrogen (secondary N) is 1. The summed E-state index contributed by atoms with van der Waals surface area (Å²) < 4.78 is 6.61. The molecule has 0 amide bonds. The van der Waals surface area contributed by atoms with Crippen LogP contribution in [0, 0.1) is 3.70 Å². The van der Waals surface area contributed by atoms with Gasteiger partial charge >= 0.3 is 0 Å². The molecule has 0 saturated heterocycles. The number of halogens is 3.